The molecule has 2 heterocycles. The fraction of sp³-hybridized carbons (Fsp3) is 0.636. The largest absolute Gasteiger partial charge is 0.363 e. The van der Waals surface area contributed by atoms with Gasteiger partial charge in [-0.1, -0.05) is 18.5 Å². The van der Waals surface area contributed by atoms with Crippen LogP contribution in [-0.2, 0) is 4.79 Å². The molecule has 2 N–H and O–H groups in total. The van der Waals surface area contributed by atoms with E-state index in [2.05, 4.69) is 22.7 Å². The number of hydrogen-bond donors (Lipinski definition) is 2. The van der Waals surface area contributed by atoms with Crippen LogP contribution in [0.3, 0.4) is 0 Å². The zero-order valence-electron chi connectivity index (χ0n) is 9.45. The van der Waals surface area contributed by atoms with Gasteiger partial charge in [0.1, 0.15) is 6.26 Å². The van der Waals surface area contributed by atoms with E-state index in [1.165, 1.54) is 6.26 Å². The number of anilines is 1. The number of nitrogens with one attached hydrogen (secondary N) is 2. The molecule has 1 saturated heterocycles. The average Bonchev–Trinajstić information content (AvgIpc) is 2.89. The molecule has 1 aliphatic heterocycles. The fourth-order valence-corrected chi connectivity index (χ4v) is 2.27. The number of nitrogens with zero attached hydrogens (tertiary/aromatic N) is 1. The maximum atomic E-state index is 12.2. The topological polar surface area (TPSA) is 67.2 Å². The van der Waals surface area contributed by atoms with Gasteiger partial charge in [0.2, 0.25) is 5.91 Å². The molecule has 1 aromatic heterocycles. The van der Waals surface area contributed by atoms with Crippen molar-refractivity contribution in [2.75, 3.05) is 18.4 Å². The van der Waals surface area contributed by atoms with Gasteiger partial charge in [-0.25, -0.2) is 0 Å². The highest BCUT2D eigenvalue weighted by molar-refractivity contribution is 5.94. The Hall–Kier alpha value is -1.36. The van der Waals surface area contributed by atoms with E-state index < -0.39 is 0 Å². The smallest absolute Gasteiger partial charge is 0.233 e. The molecule has 88 valence electrons. The van der Waals surface area contributed by atoms with Crippen molar-refractivity contribution in [3.8, 4) is 0 Å². The lowest BCUT2D eigenvalue weighted by molar-refractivity contribution is -0.125. The SMILES string of the molecule is CCCC1(C(=O)Nc2ccon2)CCNC1. The molecule has 1 aliphatic rings. The highest BCUT2D eigenvalue weighted by atomic mass is 16.5. The summed E-state index contributed by atoms with van der Waals surface area (Å²) < 4.78 is 4.69. The Labute approximate surface area is 94.6 Å². The number of amides is 1. The van der Waals surface area contributed by atoms with E-state index in [0.717, 1.165) is 32.4 Å². The first-order valence-corrected chi connectivity index (χ1v) is 5.69. The van der Waals surface area contributed by atoms with Crippen molar-refractivity contribution >= 4 is 11.7 Å². The summed E-state index contributed by atoms with van der Waals surface area (Å²) >= 11 is 0. The summed E-state index contributed by atoms with van der Waals surface area (Å²) in [5, 5.41) is 9.75. The highest BCUT2D eigenvalue weighted by Gasteiger charge is 2.40. The third-order valence-electron chi connectivity index (χ3n) is 3.13. The summed E-state index contributed by atoms with van der Waals surface area (Å²) in [6.45, 7) is 3.76. The Morgan fingerprint density at radius 1 is 1.75 bits per heavy atom. The first-order valence-electron chi connectivity index (χ1n) is 5.69. The molecule has 0 saturated carbocycles. The normalized spacial score (nSPS) is 24.6. The summed E-state index contributed by atoms with van der Waals surface area (Å²) in [5.41, 5.74) is -0.270. The summed E-state index contributed by atoms with van der Waals surface area (Å²) in [7, 11) is 0. The molecule has 0 radical (unpaired) electrons. The summed E-state index contributed by atoms with van der Waals surface area (Å²) in [5.74, 6) is 0.542. The van der Waals surface area contributed by atoms with Crippen LogP contribution in [-0.4, -0.2) is 24.2 Å². The lowest BCUT2D eigenvalue weighted by Gasteiger charge is -2.25. The lowest BCUT2D eigenvalue weighted by atomic mass is 9.81. The van der Waals surface area contributed by atoms with Gasteiger partial charge in [0.25, 0.3) is 0 Å². The van der Waals surface area contributed by atoms with Gasteiger partial charge in [-0.3, -0.25) is 4.79 Å². The molecule has 1 amide bonds. The minimum Gasteiger partial charge on any atom is -0.363 e. The minimum absolute atomic E-state index is 0.0493. The summed E-state index contributed by atoms with van der Waals surface area (Å²) in [4.78, 5) is 12.2. The Bertz CT molecular complexity index is 342. The highest BCUT2D eigenvalue weighted by Crippen LogP contribution is 2.32. The number of carbonyl (C=O) groups excluding carboxylic acids is 1. The van der Waals surface area contributed by atoms with E-state index in [1.807, 2.05) is 0 Å². The molecule has 0 spiro atoms. The van der Waals surface area contributed by atoms with Crippen molar-refractivity contribution in [1.29, 1.82) is 0 Å². The molecule has 1 aromatic rings. The van der Waals surface area contributed by atoms with Crippen LogP contribution in [0.25, 0.3) is 0 Å². The molecule has 16 heavy (non-hydrogen) atoms. The molecular weight excluding hydrogens is 206 g/mol. The van der Waals surface area contributed by atoms with E-state index in [9.17, 15) is 4.79 Å². The molecule has 0 bridgehead atoms. The van der Waals surface area contributed by atoms with Crippen LogP contribution in [0.4, 0.5) is 5.82 Å². The van der Waals surface area contributed by atoms with Crippen LogP contribution in [0.5, 0.6) is 0 Å². The first-order chi connectivity index (χ1) is 7.77. The van der Waals surface area contributed by atoms with Crippen LogP contribution >= 0.6 is 0 Å². The molecule has 5 nitrogen and oxygen atoms in total. The molecule has 1 unspecified atom stereocenters. The third kappa shape index (κ3) is 2.09. The summed E-state index contributed by atoms with van der Waals surface area (Å²) in [6, 6.07) is 1.65. The van der Waals surface area contributed by atoms with Gasteiger partial charge >= 0.3 is 0 Å². The van der Waals surface area contributed by atoms with Gasteiger partial charge in [0.05, 0.1) is 5.41 Å². The van der Waals surface area contributed by atoms with Gasteiger partial charge in [-0.2, -0.15) is 0 Å². The van der Waals surface area contributed by atoms with Gasteiger partial charge in [0.15, 0.2) is 5.82 Å². The van der Waals surface area contributed by atoms with E-state index in [-0.39, 0.29) is 11.3 Å². The Balaban J connectivity index is 2.05. The fourth-order valence-electron chi connectivity index (χ4n) is 2.27. The molecular formula is C11H17N3O2. The standard InChI is InChI=1S/C11H17N3O2/c1-2-4-11(5-6-12-8-11)10(15)13-9-3-7-16-14-9/h3,7,12H,2,4-6,8H2,1H3,(H,13,14,15). The predicted octanol–water partition coefficient (Wildman–Crippen LogP) is 1.39. The zero-order chi connectivity index (χ0) is 11.4. The van der Waals surface area contributed by atoms with Crippen molar-refractivity contribution in [1.82, 2.24) is 10.5 Å². The van der Waals surface area contributed by atoms with Crippen LogP contribution < -0.4 is 10.6 Å². The number of carbonyl (C=O) groups is 1. The number of aromatic nitrogens is 1. The van der Waals surface area contributed by atoms with Crippen molar-refractivity contribution in [3.63, 3.8) is 0 Å². The monoisotopic (exact) mass is 223 g/mol. The predicted molar refractivity (Wildman–Crippen MR) is 60.0 cm³/mol. The van der Waals surface area contributed by atoms with Crippen molar-refractivity contribution in [2.24, 2.45) is 5.41 Å². The van der Waals surface area contributed by atoms with Crippen molar-refractivity contribution in [3.05, 3.63) is 12.3 Å². The molecule has 0 aliphatic carbocycles. The molecule has 5 heteroatoms. The van der Waals surface area contributed by atoms with Crippen LogP contribution in [0, 0.1) is 5.41 Å². The van der Waals surface area contributed by atoms with Gasteiger partial charge in [-0.15, -0.1) is 0 Å². The second kappa shape index (κ2) is 4.65. The third-order valence-corrected chi connectivity index (χ3v) is 3.13. The van der Waals surface area contributed by atoms with E-state index in [4.69, 9.17) is 4.52 Å². The molecule has 1 atom stereocenters. The Kier molecular flexibility index (Phi) is 3.24. The number of hydrogen-bond acceptors (Lipinski definition) is 4. The quantitative estimate of drug-likeness (QED) is 0.809. The lowest BCUT2D eigenvalue weighted by Crippen LogP contribution is -2.38. The van der Waals surface area contributed by atoms with Crippen LogP contribution in [0.2, 0.25) is 0 Å². The average molecular weight is 223 g/mol. The van der Waals surface area contributed by atoms with Crippen LogP contribution in [0.15, 0.2) is 16.9 Å². The Morgan fingerprint density at radius 3 is 3.19 bits per heavy atom. The second-order valence-corrected chi connectivity index (χ2v) is 4.30. The zero-order valence-corrected chi connectivity index (χ0v) is 9.45. The second-order valence-electron chi connectivity index (χ2n) is 4.30. The van der Waals surface area contributed by atoms with Crippen molar-refractivity contribution in [2.45, 2.75) is 26.2 Å². The van der Waals surface area contributed by atoms with E-state index >= 15 is 0 Å². The molecule has 2 rings (SSSR count). The maximum absolute atomic E-state index is 12.2. The van der Waals surface area contributed by atoms with Gasteiger partial charge in [-0.05, 0) is 19.4 Å². The van der Waals surface area contributed by atoms with E-state index in [1.54, 1.807) is 6.07 Å². The molecule has 0 aromatic carbocycles. The first kappa shape index (κ1) is 11.1. The number of rotatable bonds is 4. The van der Waals surface area contributed by atoms with Crippen molar-refractivity contribution < 1.29 is 9.32 Å². The summed E-state index contributed by atoms with van der Waals surface area (Å²) in [6.07, 6.45) is 4.26. The van der Waals surface area contributed by atoms with Gasteiger partial charge in [0, 0.05) is 12.6 Å². The van der Waals surface area contributed by atoms with Crippen LogP contribution in [0.1, 0.15) is 26.2 Å². The Morgan fingerprint density at radius 2 is 2.62 bits per heavy atom. The molecule has 1 fully saturated rings. The minimum atomic E-state index is -0.270. The van der Waals surface area contributed by atoms with Gasteiger partial charge < -0.3 is 15.2 Å². The maximum Gasteiger partial charge on any atom is 0.233 e. The van der Waals surface area contributed by atoms with E-state index in [0.29, 0.717) is 5.82 Å².